The van der Waals surface area contributed by atoms with E-state index in [-0.39, 0.29) is 12.2 Å². The van der Waals surface area contributed by atoms with Crippen LogP contribution in [0.4, 0.5) is 0 Å². The number of hydrogen-bond acceptors (Lipinski definition) is 8. The number of ether oxygens (including phenoxy) is 1. The van der Waals surface area contributed by atoms with E-state index in [9.17, 15) is 4.79 Å². The number of thioether (sulfide) groups is 1. The Bertz CT molecular complexity index is 1240. The Kier molecular flexibility index (Phi) is 5.42. The zero-order valence-corrected chi connectivity index (χ0v) is 18.2. The van der Waals surface area contributed by atoms with Crippen molar-refractivity contribution in [3.63, 3.8) is 0 Å². The Labute approximate surface area is 175 Å². The molecular weight excluding hydrogens is 408 g/mol. The van der Waals surface area contributed by atoms with Crippen molar-refractivity contribution < 1.29 is 9.15 Å². The molecule has 0 aliphatic carbocycles. The van der Waals surface area contributed by atoms with Gasteiger partial charge >= 0.3 is 0 Å². The second kappa shape index (κ2) is 8.00. The van der Waals surface area contributed by atoms with Gasteiger partial charge in [-0.05, 0) is 50.5 Å². The lowest BCUT2D eigenvalue weighted by Crippen LogP contribution is -2.10. The second-order valence-electron chi connectivity index (χ2n) is 6.78. The van der Waals surface area contributed by atoms with Crippen LogP contribution in [-0.4, -0.2) is 20.2 Å². The molecule has 4 rings (SSSR count). The number of rotatable bonds is 6. The van der Waals surface area contributed by atoms with Gasteiger partial charge < -0.3 is 14.1 Å². The fourth-order valence-corrected chi connectivity index (χ4v) is 4.55. The monoisotopic (exact) mass is 428 g/mol. The van der Waals surface area contributed by atoms with Gasteiger partial charge in [0.05, 0.1) is 11.1 Å². The van der Waals surface area contributed by atoms with Crippen LogP contribution in [0.1, 0.15) is 33.3 Å². The summed E-state index contributed by atoms with van der Waals surface area (Å²) < 4.78 is 11.4. The number of benzene rings is 1. The van der Waals surface area contributed by atoms with E-state index >= 15 is 0 Å². The van der Waals surface area contributed by atoms with Crippen molar-refractivity contribution in [2.45, 2.75) is 45.3 Å². The number of thiophene rings is 1. The van der Waals surface area contributed by atoms with E-state index < -0.39 is 0 Å². The summed E-state index contributed by atoms with van der Waals surface area (Å²) in [7, 11) is 0. The fraction of sp³-hybridized carbons (Fsp3) is 0.300. The van der Waals surface area contributed by atoms with Crippen LogP contribution in [0.15, 0.2) is 32.6 Å². The van der Waals surface area contributed by atoms with Gasteiger partial charge in [-0.25, -0.2) is 4.98 Å². The van der Waals surface area contributed by atoms with Crippen LogP contribution in [0, 0.1) is 27.7 Å². The van der Waals surface area contributed by atoms with Gasteiger partial charge in [0, 0.05) is 4.88 Å². The van der Waals surface area contributed by atoms with E-state index in [0.717, 1.165) is 32.1 Å². The molecule has 29 heavy (non-hydrogen) atoms. The second-order valence-corrected chi connectivity index (χ2v) is 8.91. The maximum absolute atomic E-state index is 12.4. The SMILES string of the molecule is Cc1ccc(C)c(OCc2nnc(SCc3nc4sc(C)c(C)c4c(=O)[nH]3)o2)c1. The predicted octanol–water partition coefficient (Wildman–Crippen LogP) is 4.47. The van der Waals surface area contributed by atoms with Gasteiger partial charge in [-0.2, -0.15) is 0 Å². The standard InChI is InChI=1S/C20H20N4O3S2/c1-10-5-6-11(2)14(7-10)26-8-16-23-24-20(27-16)28-9-15-21-18(25)17-12(3)13(4)29-19(17)22-15/h5-7H,8-9H2,1-4H3,(H,21,22,25). The van der Waals surface area contributed by atoms with Crippen LogP contribution >= 0.6 is 23.1 Å². The molecule has 7 nitrogen and oxygen atoms in total. The third-order valence-electron chi connectivity index (χ3n) is 4.56. The van der Waals surface area contributed by atoms with Crippen molar-refractivity contribution in [2.24, 2.45) is 0 Å². The Morgan fingerprint density at radius 2 is 2.03 bits per heavy atom. The molecule has 0 saturated heterocycles. The highest BCUT2D eigenvalue weighted by Crippen LogP contribution is 2.27. The van der Waals surface area contributed by atoms with Gasteiger partial charge in [-0.1, -0.05) is 23.9 Å². The quantitative estimate of drug-likeness (QED) is 0.453. The normalized spacial score (nSPS) is 11.3. The summed E-state index contributed by atoms with van der Waals surface area (Å²) in [5.41, 5.74) is 3.06. The number of H-pyrrole nitrogens is 1. The first-order valence-corrected chi connectivity index (χ1v) is 10.8. The summed E-state index contributed by atoms with van der Waals surface area (Å²) >= 11 is 2.86. The predicted molar refractivity (Wildman–Crippen MR) is 114 cm³/mol. The molecule has 1 aromatic carbocycles. The maximum Gasteiger partial charge on any atom is 0.277 e. The van der Waals surface area contributed by atoms with Crippen LogP contribution in [0.2, 0.25) is 0 Å². The minimum atomic E-state index is -0.111. The van der Waals surface area contributed by atoms with Crippen LogP contribution in [0.5, 0.6) is 5.75 Å². The van der Waals surface area contributed by atoms with Gasteiger partial charge in [0.1, 0.15) is 16.4 Å². The van der Waals surface area contributed by atoms with Gasteiger partial charge in [-0.3, -0.25) is 4.79 Å². The Morgan fingerprint density at radius 3 is 2.86 bits per heavy atom. The first-order chi connectivity index (χ1) is 13.9. The van der Waals surface area contributed by atoms with Crippen LogP contribution in [-0.2, 0) is 12.4 Å². The minimum absolute atomic E-state index is 0.111. The fourth-order valence-electron chi connectivity index (χ4n) is 2.85. The van der Waals surface area contributed by atoms with E-state index in [2.05, 4.69) is 20.2 Å². The lowest BCUT2D eigenvalue weighted by Gasteiger charge is -2.07. The summed E-state index contributed by atoms with van der Waals surface area (Å²) in [5.74, 6) is 2.21. The number of aromatic nitrogens is 4. The smallest absolute Gasteiger partial charge is 0.277 e. The Morgan fingerprint density at radius 1 is 1.21 bits per heavy atom. The average Bonchev–Trinajstić information content (AvgIpc) is 3.25. The first-order valence-electron chi connectivity index (χ1n) is 9.05. The van der Waals surface area contributed by atoms with Crippen molar-refractivity contribution in [1.29, 1.82) is 0 Å². The summed E-state index contributed by atoms with van der Waals surface area (Å²) in [6.07, 6.45) is 0. The van der Waals surface area contributed by atoms with Crippen molar-refractivity contribution >= 4 is 33.3 Å². The van der Waals surface area contributed by atoms with Gasteiger partial charge in [0.2, 0.25) is 0 Å². The van der Waals surface area contributed by atoms with Crippen molar-refractivity contribution in [3.05, 3.63) is 61.8 Å². The number of hydrogen-bond donors (Lipinski definition) is 1. The van der Waals surface area contributed by atoms with E-state index in [1.165, 1.54) is 23.1 Å². The minimum Gasteiger partial charge on any atom is -0.484 e. The summed E-state index contributed by atoms with van der Waals surface area (Å²) in [6, 6.07) is 6.03. The molecule has 0 saturated carbocycles. The molecule has 4 aromatic rings. The average molecular weight is 429 g/mol. The molecule has 3 heterocycles. The highest BCUT2D eigenvalue weighted by molar-refractivity contribution is 7.98. The number of fused-ring (bicyclic) bond motifs is 1. The van der Waals surface area contributed by atoms with Crippen molar-refractivity contribution in [2.75, 3.05) is 0 Å². The highest BCUT2D eigenvalue weighted by Gasteiger charge is 2.14. The third-order valence-corrected chi connectivity index (χ3v) is 6.49. The van der Waals surface area contributed by atoms with Gasteiger partial charge in [0.15, 0.2) is 6.61 Å². The van der Waals surface area contributed by atoms with E-state index in [0.29, 0.717) is 28.1 Å². The molecule has 0 atom stereocenters. The molecule has 0 amide bonds. The molecular formula is C20H20N4O3S2. The van der Waals surface area contributed by atoms with E-state index in [1.807, 2.05) is 45.9 Å². The molecule has 0 fully saturated rings. The molecule has 0 aliphatic heterocycles. The molecule has 0 bridgehead atoms. The molecule has 1 N–H and O–H groups in total. The third kappa shape index (κ3) is 4.20. The van der Waals surface area contributed by atoms with Crippen LogP contribution in [0.25, 0.3) is 10.2 Å². The molecule has 150 valence electrons. The number of aromatic amines is 1. The van der Waals surface area contributed by atoms with E-state index in [1.54, 1.807) is 0 Å². The zero-order chi connectivity index (χ0) is 20.5. The molecule has 0 spiro atoms. The Hall–Kier alpha value is -2.65. The Balaban J connectivity index is 1.41. The number of nitrogens with one attached hydrogen (secondary N) is 1. The molecule has 0 radical (unpaired) electrons. The lowest BCUT2D eigenvalue weighted by atomic mass is 10.1. The van der Waals surface area contributed by atoms with Crippen LogP contribution in [0.3, 0.4) is 0 Å². The molecule has 3 aromatic heterocycles. The summed E-state index contributed by atoms with van der Waals surface area (Å²) in [4.78, 5) is 21.6. The topological polar surface area (TPSA) is 93.9 Å². The number of nitrogens with zero attached hydrogens (tertiary/aromatic N) is 3. The van der Waals surface area contributed by atoms with Gasteiger partial charge in [-0.15, -0.1) is 21.5 Å². The van der Waals surface area contributed by atoms with E-state index in [4.69, 9.17) is 9.15 Å². The van der Waals surface area contributed by atoms with Crippen molar-refractivity contribution in [1.82, 2.24) is 20.2 Å². The van der Waals surface area contributed by atoms with Crippen molar-refractivity contribution in [3.8, 4) is 5.75 Å². The largest absolute Gasteiger partial charge is 0.484 e. The summed E-state index contributed by atoms with van der Waals surface area (Å²) in [6.45, 7) is 8.15. The molecule has 9 heteroatoms. The molecule has 0 aliphatic rings. The first kappa shape index (κ1) is 19.7. The number of aryl methyl sites for hydroxylation is 4. The molecule has 0 unspecified atom stereocenters. The van der Waals surface area contributed by atoms with Crippen LogP contribution < -0.4 is 10.3 Å². The maximum atomic E-state index is 12.4. The highest BCUT2D eigenvalue weighted by atomic mass is 32.2. The summed E-state index contributed by atoms with van der Waals surface area (Å²) in [5, 5.41) is 9.14. The van der Waals surface area contributed by atoms with Gasteiger partial charge in [0.25, 0.3) is 16.7 Å². The lowest BCUT2D eigenvalue weighted by molar-refractivity contribution is 0.250. The zero-order valence-electron chi connectivity index (χ0n) is 16.5.